The summed E-state index contributed by atoms with van der Waals surface area (Å²) >= 11 is 0. The minimum atomic E-state index is -4.63. The lowest BCUT2D eigenvalue weighted by Crippen LogP contribution is -2.55. The van der Waals surface area contributed by atoms with E-state index in [0.29, 0.717) is 11.3 Å². The monoisotopic (exact) mass is 286 g/mol. The van der Waals surface area contributed by atoms with Gasteiger partial charge < -0.3 is 5.32 Å². The number of imide groups is 1. The number of hydrogen-bond donors (Lipinski definition) is 1. The van der Waals surface area contributed by atoms with Crippen molar-refractivity contribution in [1.29, 1.82) is 0 Å². The maximum absolute atomic E-state index is 12.9. The first-order valence-electron chi connectivity index (χ1n) is 6.14. The third-order valence-corrected chi connectivity index (χ3v) is 3.14. The molecule has 1 N–H and O–H groups in total. The van der Waals surface area contributed by atoms with Crippen LogP contribution in [0.25, 0.3) is 0 Å². The van der Waals surface area contributed by atoms with Gasteiger partial charge in [-0.05, 0) is 18.6 Å². The van der Waals surface area contributed by atoms with Crippen LogP contribution >= 0.6 is 0 Å². The number of carbonyl (C=O) groups excluding carboxylic acids is 2. The van der Waals surface area contributed by atoms with E-state index in [0.717, 1.165) is 12.1 Å². The molecule has 0 saturated carbocycles. The average molecular weight is 286 g/mol. The molecule has 1 saturated heterocycles. The van der Waals surface area contributed by atoms with Gasteiger partial charge in [-0.25, -0.2) is 9.69 Å². The van der Waals surface area contributed by atoms with E-state index in [1.54, 1.807) is 6.92 Å². The second kappa shape index (κ2) is 5.15. The molecule has 1 unspecified atom stereocenters. The van der Waals surface area contributed by atoms with E-state index in [4.69, 9.17) is 0 Å². The van der Waals surface area contributed by atoms with Gasteiger partial charge >= 0.3 is 12.2 Å². The number of hydrogen-bond acceptors (Lipinski definition) is 2. The number of benzene rings is 1. The van der Waals surface area contributed by atoms with Crippen LogP contribution in [-0.4, -0.2) is 18.0 Å². The summed E-state index contributed by atoms with van der Waals surface area (Å²) < 4.78 is 38.8. The zero-order valence-electron chi connectivity index (χ0n) is 10.7. The van der Waals surface area contributed by atoms with Crippen LogP contribution in [0.5, 0.6) is 0 Å². The largest absolute Gasteiger partial charge is 0.418 e. The fourth-order valence-electron chi connectivity index (χ4n) is 2.10. The van der Waals surface area contributed by atoms with Crippen LogP contribution in [-0.2, 0) is 11.0 Å². The van der Waals surface area contributed by atoms with Crippen molar-refractivity contribution >= 4 is 17.6 Å². The lowest BCUT2D eigenvalue weighted by molar-refractivity contribution is -0.137. The van der Waals surface area contributed by atoms with Gasteiger partial charge in [-0.15, -0.1) is 0 Å². The molecule has 2 rings (SSSR count). The van der Waals surface area contributed by atoms with Crippen molar-refractivity contribution in [2.24, 2.45) is 0 Å². The highest BCUT2D eigenvalue weighted by Gasteiger charge is 2.39. The number of nitrogens with zero attached hydrogens (tertiary/aromatic N) is 1. The zero-order chi connectivity index (χ0) is 14.9. The van der Waals surface area contributed by atoms with E-state index in [1.165, 1.54) is 12.1 Å². The number of alkyl halides is 3. The molecular weight excluding hydrogens is 273 g/mol. The summed E-state index contributed by atoms with van der Waals surface area (Å²) in [6, 6.07) is 3.40. The van der Waals surface area contributed by atoms with E-state index < -0.39 is 29.4 Å². The molecule has 0 aliphatic carbocycles. The lowest BCUT2D eigenvalue weighted by atomic mass is 10.1. The third kappa shape index (κ3) is 2.61. The first-order valence-corrected chi connectivity index (χ1v) is 6.14. The number of nitrogens with one attached hydrogen (secondary N) is 1. The Labute approximate surface area is 113 Å². The molecule has 1 fully saturated rings. The number of amides is 3. The van der Waals surface area contributed by atoms with E-state index >= 15 is 0 Å². The minimum absolute atomic E-state index is 0.00552. The standard InChI is InChI=1S/C13H13F3N2O2/c1-2-8-7-11(19)18(12(20)17-8)10-6-4-3-5-9(10)13(14,15)16/h3-6,8H,2,7H2,1H3,(H,17,20). The molecule has 20 heavy (non-hydrogen) atoms. The SMILES string of the molecule is CCC1CC(=O)N(c2ccccc2C(F)(F)F)C(=O)N1. The maximum Gasteiger partial charge on any atom is 0.418 e. The molecule has 1 aromatic carbocycles. The average Bonchev–Trinajstić information content (AvgIpc) is 2.37. The minimum Gasteiger partial charge on any atom is -0.334 e. The molecule has 0 aromatic heterocycles. The van der Waals surface area contributed by atoms with Gasteiger partial charge in [0.25, 0.3) is 0 Å². The fourth-order valence-corrected chi connectivity index (χ4v) is 2.10. The number of anilines is 1. The molecule has 108 valence electrons. The van der Waals surface area contributed by atoms with Gasteiger partial charge in [0.2, 0.25) is 5.91 Å². The molecule has 7 heteroatoms. The van der Waals surface area contributed by atoms with E-state index in [-0.39, 0.29) is 12.5 Å². The van der Waals surface area contributed by atoms with Crippen LogP contribution in [0.4, 0.5) is 23.7 Å². The predicted molar refractivity (Wildman–Crippen MR) is 66.2 cm³/mol. The fraction of sp³-hybridized carbons (Fsp3) is 0.385. The first kappa shape index (κ1) is 14.4. The first-order chi connectivity index (χ1) is 9.34. The second-order valence-corrected chi connectivity index (χ2v) is 4.50. The van der Waals surface area contributed by atoms with Gasteiger partial charge in [-0.1, -0.05) is 19.1 Å². The summed E-state index contributed by atoms with van der Waals surface area (Å²) in [5.41, 5.74) is -1.43. The highest BCUT2D eigenvalue weighted by atomic mass is 19.4. The van der Waals surface area contributed by atoms with Crippen LogP contribution in [0, 0.1) is 0 Å². The maximum atomic E-state index is 12.9. The van der Waals surface area contributed by atoms with Crippen LogP contribution in [0.1, 0.15) is 25.3 Å². The Balaban J connectivity index is 2.42. The van der Waals surface area contributed by atoms with Crippen LogP contribution in [0.15, 0.2) is 24.3 Å². The van der Waals surface area contributed by atoms with Gasteiger partial charge in [0.1, 0.15) is 0 Å². The molecule has 1 aliphatic rings. The van der Waals surface area contributed by atoms with Crippen LogP contribution in [0.2, 0.25) is 0 Å². The van der Waals surface area contributed by atoms with Crippen molar-refractivity contribution < 1.29 is 22.8 Å². The van der Waals surface area contributed by atoms with Crippen molar-refractivity contribution in [1.82, 2.24) is 5.32 Å². The number of para-hydroxylation sites is 1. The van der Waals surface area contributed by atoms with Crippen LogP contribution in [0.3, 0.4) is 0 Å². The van der Waals surface area contributed by atoms with Crippen molar-refractivity contribution in [2.45, 2.75) is 32.0 Å². The molecule has 1 heterocycles. The summed E-state index contributed by atoms with van der Waals surface area (Å²) in [4.78, 5) is 24.4. The van der Waals surface area contributed by atoms with E-state index in [9.17, 15) is 22.8 Å². The Kier molecular flexibility index (Phi) is 3.69. The Hall–Kier alpha value is -2.05. The molecule has 3 amide bonds. The third-order valence-electron chi connectivity index (χ3n) is 3.14. The topological polar surface area (TPSA) is 49.4 Å². The lowest BCUT2D eigenvalue weighted by Gasteiger charge is -2.32. The van der Waals surface area contributed by atoms with Crippen LogP contribution < -0.4 is 10.2 Å². The van der Waals surface area contributed by atoms with Crippen molar-refractivity contribution in [2.75, 3.05) is 4.90 Å². The summed E-state index contributed by atoms with van der Waals surface area (Å²) in [5.74, 6) is -0.628. The van der Waals surface area contributed by atoms with E-state index in [1.807, 2.05) is 0 Å². The van der Waals surface area contributed by atoms with Gasteiger partial charge in [-0.2, -0.15) is 13.2 Å². The predicted octanol–water partition coefficient (Wildman–Crippen LogP) is 2.93. The molecule has 1 aliphatic heterocycles. The summed E-state index contributed by atoms with van der Waals surface area (Å²) in [6.45, 7) is 1.79. The number of halogens is 3. The Bertz CT molecular complexity index is 525. The highest BCUT2D eigenvalue weighted by molar-refractivity contribution is 6.16. The van der Waals surface area contributed by atoms with E-state index in [2.05, 4.69) is 5.32 Å². The number of urea groups is 1. The Morgan fingerprint density at radius 1 is 1.30 bits per heavy atom. The quantitative estimate of drug-likeness (QED) is 0.908. The van der Waals surface area contributed by atoms with Gasteiger partial charge in [0.15, 0.2) is 0 Å². The van der Waals surface area contributed by atoms with Gasteiger partial charge in [0.05, 0.1) is 11.3 Å². The molecule has 0 radical (unpaired) electrons. The molecule has 1 aromatic rings. The summed E-state index contributed by atoms with van der Waals surface area (Å²) in [5, 5.41) is 2.52. The Morgan fingerprint density at radius 3 is 2.50 bits per heavy atom. The Morgan fingerprint density at radius 2 is 1.95 bits per heavy atom. The molecule has 0 bridgehead atoms. The molecule has 1 atom stereocenters. The number of carbonyl (C=O) groups is 2. The van der Waals surface area contributed by atoms with Gasteiger partial charge in [0, 0.05) is 12.5 Å². The second-order valence-electron chi connectivity index (χ2n) is 4.50. The smallest absolute Gasteiger partial charge is 0.334 e. The zero-order valence-corrected chi connectivity index (χ0v) is 10.7. The van der Waals surface area contributed by atoms with Gasteiger partial charge in [-0.3, -0.25) is 4.79 Å². The molecular formula is C13H13F3N2O2. The number of rotatable bonds is 2. The summed E-state index contributed by atoms with van der Waals surface area (Å²) in [6.07, 6.45) is -4.08. The highest BCUT2D eigenvalue weighted by Crippen LogP contribution is 2.37. The molecule has 4 nitrogen and oxygen atoms in total. The normalized spacial score (nSPS) is 20.0. The van der Waals surface area contributed by atoms with Crippen molar-refractivity contribution in [3.05, 3.63) is 29.8 Å². The summed E-state index contributed by atoms with van der Waals surface area (Å²) in [7, 11) is 0. The molecule has 0 spiro atoms. The van der Waals surface area contributed by atoms with Crippen molar-refractivity contribution in [3.8, 4) is 0 Å². The van der Waals surface area contributed by atoms with Crippen molar-refractivity contribution in [3.63, 3.8) is 0 Å².